The summed E-state index contributed by atoms with van der Waals surface area (Å²) in [6.45, 7) is 9.69. The van der Waals surface area contributed by atoms with Crippen LogP contribution < -0.4 is 9.64 Å². The number of fused-ring (bicyclic) bond motifs is 1. The van der Waals surface area contributed by atoms with Crippen LogP contribution in [-0.4, -0.2) is 64.2 Å². The fourth-order valence-electron chi connectivity index (χ4n) is 3.98. The Morgan fingerprint density at radius 3 is 2.50 bits per heavy atom. The van der Waals surface area contributed by atoms with Crippen molar-refractivity contribution in [2.24, 2.45) is 0 Å². The molecule has 0 atom stereocenters. The fourth-order valence-corrected chi connectivity index (χ4v) is 3.98. The highest BCUT2D eigenvalue weighted by Gasteiger charge is 2.26. The average molecular weight is 440 g/mol. The Labute approximate surface area is 185 Å². The van der Waals surface area contributed by atoms with Gasteiger partial charge in [-0.25, -0.2) is 18.3 Å². The number of aromatic nitrogens is 3. The molecule has 3 aromatic heterocycles. The summed E-state index contributed by atoms with van der Waals surface area (Å²) in [5, 5.41) is 13.6. The average Bonchev–Trinajstić information content (AvgIpc) is 3.20. The minimum absolute atomic E-state index is 0.149. The Morgan fingerprint density at radius 1 is 1.16 bits per heavy atom. The second kappa shape index (κ2) is 8.71. The van der Waals surface area contributed by atoms with Crippen LogP contribution in [0, 0.1) is 11.3 Å². The van der Waals surface area contributed by atoms with Crippen molar-refractivity contribution in [3.63, 3.8) is 0 Å². The summed E-state index contributed by atoms with van der Waals surface area (Å²) in [6, 6.07) is 7.66. The van der Waals surface area contributed by atoms with Crippen LogP contribution in [0.15, 0.2) is 36.8 Å². The van der Waals surface area contributed by atoms with Crippen molar-refractivity contribution in [1.29, 1.82) is 5.26 Å². The van der Waals surface area contributed by atoms with Crippen molar-refractivity contribution in [3.8, 4) is 22.9 Å². The van der Waals surface area contributed by atoms with Crippen LogP contribution in [0.3, 0.4) is 0 Å². The zero-order valence-electron chi connectivity index (χ0n) is 18.4. The van der Waals surface area contributed by atoms with Gasteiger partial charge in [0.25, 0.3) is 6.43 Å². The number of nitrogens with zero attached hydrogens (tertiary/aromatic N) is 6. The SMILES string of the molecule is CC(C)(C)N1CCN(c2ccc(-c3cc(OCC(F)F)cn4ncc(C#N)c34)cn2)CC1. The summed E-state index contributed by atoms with van der Waals surface area (Å²) >= 11 is 0. The number of hydrogen-bond acceptors (Lipinski definition) is 6. The molecule has 3 aromatic rings. The maximum atomic E-state index is 12.6. The molecule has 0 spiro atoms. The van der Waals surface area contributed by atoms with Gasteiger partial charge in [-0.15, -0.1) is 0 Å². The Kier molecular flexibility index (Phi) is 5.98. The molecule has 0 amide bonds. The second-order valence-corrected chi connectivity index (χ2v) is 8.80. The third-order valence-corrected chi connectivity index (χ3v) is 5.69. The Bertz CT molecular complexity index is 1120. The zero-order chi connectivity index (χ0) is 22.9. The lowest BCUT2D eigenvalue weighted by molar-refractivity contribution is 0.0816. The minimum Gasteiger partial charge on any atom is -0.486 e. The summed E-state index contributed by atoms with van der Waals surface area (Å²) < 4.78 is 31.9. The van der Waals surface area contributed by atoms with Gasteiger partial charge in [0.2, 0.25) is 0 Å². The number of pyridine rings is 2. The van der Waals surface area contributed by atoms with Gasteiger partial charge in [0.05, 0.1) is 23.5 Å². The van der Waals surface area contributed by atoms with Crippen molar-refractivity contribution in [3.05, 3.63) is 42.4 Å². The number of nitriles is 1. The molecule has 7 nitrogen and oxygen atoms in total. The van der Waals surface area contributed by atoms with Gasteiger partial charge < -0.3 is 9.64 Å². The smallest absolute Gasteiger partial charge is 0.272 e. The topological polar surface area (TPSA) is 69.7 Å². The predicted molar refractivity (Wildman–Crippen MR) is 118 cm³/mol. The Balaban J connectivity index is 1.61. The van der Waals surface area contributed by atoms with Crippen molar-refractivity contribution in [2.75, 3.05) is 37.7 Å². The van der Waals surface area contributed by atoms with Crippen LogP contribution in [0.1, 0.15) is 26.3 Å². The molecule has 1 saturated heterocycles. The van der Waals surface area contributed by atoms with Gasteiger partial charge in [-0.1, -0.05) is 0 Å². The maximum absolute atomic E-state index is 12.6. The zero-order valence-corrected chi connectivity index (χ0v) is 18.4. The van der Waals surface area contributed by atoms with E-state index in [4.69, 9.17) is 4.74 Å². The van der Waals surface area contributed by atoms with Gasteiger partial charge in [0, 0.05) is 49.0 Å². The van der Waals surface area contributed by atoms with Crippen molar-refractivity contribution in [1.82, 2.24) is 19.5 Å². The van der Waals surface area contributed by atoms with Crippen LogP contribution in [0.25, 0.3) is 16.6 Å². The molecule has 32 heavy (non-hydrogen) atoms. The van der Waals surface area contributed by atoms with E-state index >= 15 is 0 Å². The van der Waals surface area contributed by atoms with Crippen LogP contribution >= 0.6 is 0 Å². The summed E-state index contributed by atoms with van der Waals surface area (Å²) in [4.78, 5) is 9.36. The molecule has 0 unspecified atom stereocenters. The Hall–Kier alpha value is -3.25. The Morgan fingerprint density at radius 2 is 1.91 bits per heavy atom. The van der Waals surface area contributed by atoms with Crippen LogP contribution in [-0.2, 0) is 0 Å². The van der Waals surface area contributed by atoms with E-state index in [9.17, 15) is 14.0 Å². The number of alkyl halides is 2. The van der Waals surface area contributed by atoms with E-state index in [1.54, 1.807) is 12.3 Å². The molecule has 0 bridgehead atoms. The maximum Gasteiger partial charge on any atom is 0.272 e. The molecular formula is C23H26F2N6O. The quantitative estimate of drug-likeness (QED) is 0.601. The summed E-state index contributed by atoms with van der Waals surface area (Å²) in [5.74, 6) is 1.14. The first-order chi connectivity index (χ1) is 15.3. The molecule has 1 aliphatic rings. The van der Waals surface area contributed by atoms with Gasteiger partial charge in [0.1, 0.15) is 24.2 Å². The highest BCUT2D eigenvalue weighted by atomic mass is 19.3. The van der Waals surface area contributed by atoms with Crippen LogP contribution in [0.5, 0.6) is 5.75 Å². The molecule has 0 aliphatic carbocycles. The highest BCUT2D eigenvalue weighted by molar-refractivity contribution is 5.85. The monoisotopic (exact) mass is 440 g/mol. The molecule has 0 radical (unpaired) electrons. The van der Waals surface area contributed by atoms with E-state index in [0.29, 0.717) is 16.6 Å². The number of piperazine rings is 1. The van der Waals surface area contributed by atoms with E-state index in [0.717, 1.165) is 37.6 Å². The van der Waals surface area contributed by atoms with E-state index < -0.39 is 13.0 Å². The van der Waals surface area contributed by atoms with E-state index in [1.165, 1.54) is 16.9 Å². The second-order valence-electron chi connectivity index (χ2n) is 8.80. The predicted octanol–water partition coefficient (Wildman–Crippen LogP) is 3.83. The first kappa shape index (κ1) is 22.0. The lowest BCUT2D eigenvalue weighted by atomic mass is 10.0. The number of anilines is 1. The van der Waals surface area contributed by atoms with Gasteiger partial charge in [-0.2, -0.15) is 10.4 Å². The molecule has 1 aliphatic heterocycles. The summed E-state index contributed by atoms with van der Waals surface area (Å²) in [7, 11) is 0. The highest BCUT2D eigenvalue weighted by Crippen LogP contribution is 2.31. The molecule has 1 fully saturated rings. The number of rotatable bonds is 5. The standard InChI is InChI=1S/C23H26F2N6O/c1-23(2,3)30-8-6-29(7-9-30)21-5-4-16(12-27-21)19-10-18(32-15-20(24)25)14-31-22(19)17(11-26)13-28-31/h4-5,10,12-14,20H,6-9,15H2,1-3H3. The van der Waals surface area contributed by atoms with Gasteiger partial charge in [0.15, 0.2) is 0 Å². The third kappa shape index (κ3) is 4.50. The third-order valence-electron chi connectivity index (χ3n) is 5.69. The van der Waals surface area contributed by atoms with E-state index in [-0.39, 0.29) is 11.3 Å². The van der Waals surface area contributed by atoms with E-state index in [1.807, 2.05) is 12.1 Å². The largest absolute Gasteiger partial charge is 0.486 e. The van der Waals surface area contributed by atoms with Gasteiger partial charge >= 0.3 is 0 Å². The molecule has 0 aromatic carbocycles. The van der Waals surface area contributed by atoms with Crippen LogP contribution in [0.2, 0.25) is 0 Å². The first-order valence-corrected chi connectivity index (χ1v) is 10.5. The lowest BCUT2D eigenvalue weighted by Gasteiger charge is -2.42. The minimum atomic E-state index is -2.58. The van der Waals surface area contributed by atoms with Crippen molar-refractivity contribution >= 4 is 11.3 Å². The van der Waals surface area contributed by atoms with Gasteiger partial charge in [-0.05, 0) is 39.0 Å². The fraction of sp³-hybridized carbons (Fsp3) is 0.435. The summed E-state index contributed by atoms with van der Waals surface area (Å²) in [6.07, 6.45) is 2.11. The molecule has 0 saturated carbocycles. The van der Waals surface area contributed by atoms with Crippen LogP contribution in [0.4, 0.5) is 14.6 Å². The molecule has 4 heterocycles. The van der Waals surface area contributed by atoms with Crippen molar-refractivity contribution < 1.29 is 13.5 Å². The molecule has 4 rings (SSSR count). The number of hydrogen-bond donors (Lipinski definition) is 0. The van der Waals surface area contributed by atoms with Gasteiger partial charge in [-0.3, -0.25) is 4.90 Å². The number of halogens is 2. The lowest BCUT2D eigenvalue weighted by Crippen LogP contribution is -2.53. The number of ether oxygens (including phenoxy) is 1. The molecule has 9 heteroatoms. The van der Waals surface area contributed by atoms with E-state index in [2.05, 4.69) is 46.7 Å². The molecular weight excluding hydrogens is 414 g/mol. The normalized spacial score (nSPS) is 15.3. The van der Waals surface area contributed by atoms with Crippen molar-refractivity contribution in [2.45, 2.75) is 32.7 Å². The first-order valence-electron chi connectivity index (χ1n) is 10.5. The summed E-state index contributed by atoms with van der Waals surface area (Å²) in [5.41, 5.74) is 2.54. The molecule has 168 valence electrons. The molecule has 0 N–H and O–H groups in total.